The van der Waals surface area contributed by atoms with Crippen LogP contribution < -0.4 is 0 Å². The molecule has 96 valence electrons. The third-order valence-electron chi connectivity index (χ3n) is 3.33. The molecule has 0 aromatic heterocycles. The molecule has 1 atom stereocenters. The summed E-state index contributed by atoms with van der Waals surface area (Å²) in [5, 5.41) is 2.11. The van der Waals surface area contributed by atoms with E-state index in [1.807, 2.05) is 36.0 Å². The Morgan fingerprint density at radius 2 is 1.58 bits per heavy atom. The van der Waals surface area contributed by atoms with E-state index in [0.717, 1.165) is 17.1 Å². The number of benzene rings is 2. The third kappa shape index (κ3) is 2.54. The van der Waals surface area contributed by atoms with Crippen LogP contribution in [-0.4, -0.2) is 5.75 Å². The molecule has 3 rings (SSSR count). The normalized spacial score (nSPS) is 22.5. The number of thioether (sulfide) groups is 1. The molecule has 1 heterocycles. The molecular formula is C17H16OS. The van der Waals surface area contributed by atoms with E-state index in [1.54, 1.807) is 0 Å². The molecule has 0 aliphatic carbocycles. The predicted molar refractivity (Wildman–Crippen MR) is 81.8 cm³/mol. The molecule has 1 nitrogen and oxygen atoms in total. The molecule has 0 amide bonds. The van der Waals surface area contributed by atoms with Gasteiger partial charge in [-0.15, -0.1) is 11.8 Å². The number of rotatable bonds is 2. The van der Waals surface area contributed by atoms with Crippen LogP contribution in [0.3, 0.4) is 0 Å². The molecule has 1 aliphatic heterocycles. The molecule has 19 heavy (non-hydrogen) atoms. The molecule has 0 bridgehead atoms. The van der Waals surface area contributed by atoms with Crippen molar-refractivity contribution in [3.63, 3.8) is 0 Å². The van der Waals surface area contributed by atoms with Crippen molar-refractivity contribution < 1.29 is 4.74 Å². The van der Waals surface area contributed by atoms with Crippen molar-refractivity contribution in [1.29, 1.82) is 0 Å². The molecule has 0 saturated heterocycles. The average Bonchev–Trinajstić information content (AvgIpc) is 2.49. The van der Waals surface area contributed by atoms with Gasteiger partial charge in [0.25, 0.3) is 0 Å². The van der Waals surface area contributed by atoms with E-state index >= 15 is 0 Å². The highest BCUT2D eigenvalue weighted by Crippen LogP contribution is 2.39. The first-order valence-corrected chi connectivity index (χ1v) is 7.44. The second-order valence-corrected chi connectivity index (χ2v) is 5.72. The topological polar surface area (TPSA) is 9.23 Å². The molecule has 1 unspecified atom stereocenters. The molecule has 1 aliphatic rings. The Bertz CT molecular complexity index is 577. The summed E-state index contributed by atoms with van der Waals surface area (Å²) < 4.78 is 6.29. The molecule has 2 aromatic rings. The van der Waals surface area contributed by atoms with Crippen LogP contribution in [0.15, 0.2) is 66.1 Å². The summed E-state index contributed by atoms with van der Waals surface area (Å²) in [4.78, 5) is 0. The van der Waals surface area contributed by atoms with Gasteiger partial charge in [0, 0.05) is 16.7 Å². The zero-order valence-electron chi connectivity index (χ0n) is 10.9. The van der Waals surface area contributed by atoms with E-state index in [0.29, 0.717) is 0 Å². The van der Waals surface area contributed by atoms with Gasteiger partial charge in [0.2, 0.25) is 0 Å². The second-order valence-electron chi connectivity index (χ2n) is 4.86. The van der Waals surface area contributed by atoms with E-state index in [1.165, 1.54) is 5.56 Å². The lowest BCUT2D eigenvalue weighted by atomic mass is 9.97. The van der Waals surface area contributed by atoms with Crippen molar-refractivity contribution in [2.75, 3.05) is 5.75 Å². The lowest BCUT2D eigenvalue weighted by Crippen LogP contribution is -2.30. The van der Waals surface area contributed by atoms with E-state index in [9.17, 15) is 0 Å². The predicted octanol–water partition coefficient (Wildman–Crippen LogP) is 4.66. The zero-order valence-corrected chi connectivity index (χ0v) is 11.7. The van der Waals surface area contributed by atoms with Gasteiger partial charge in [-0.3, -0.25) is 0 Å². The molecule has 0 radical (unpaired) electrons. The molecule has 0 fully saturated rings. The summed E-state index contributed by atoms with van der Waals surface area (Å²) >= 11 is 1.81. The Morgan fingerprint density at radius 3 is 2.26 bits per heavy atom. The smallest absolute Gasteiger partial charge is 0.141 e. The second kappa shape index (κ2) is 5.14. The first-order valence-electron chi connectivity index (χ1n) is 6.40. The lowest BCUT2D eigenvalue weighted by Gasteiger charge is -2.35. The van der Waals surface area contributed by atoms with Crippen LogP contribution in [-0.2, 0) is 10.3 Å². The minimum atomic E-state index is -0.258. The van der Waals surface area contributed by atoms with E-state index in [2.05, 4.69) is 48.7 Å². The summed E-state index contributed by atoms with van der Waals surface area (Å²) in [6, 6.07) is 20.7. The van der Waals surface area contributed by atoms with Gasteiger partial charge < -0.3 is 4.74 Å². The summed E-state index contributed by atoms with van der Waals surface area (Å²) in [5.74, 6) is 1.90. The van der Waals surface area contributed by atoms with Crippen molar-refractivity contribution in [3.05, 3.63) is 77.2 Å². The Balaban J connectivity index is 1.91. The first-order chi connectivity index (χ1) is 9.28. The Labute approximate surface area is 118 Å². The zero-order chi connectivity index (χ0) is 13.1. The van der Waals surface area contributed by atoms with Gasteiger partial charge in [-0.05, 0) is 12.5 Å². The quantitative estimate of drug-likeness (QED) is 0.783. The van der Waals surface area contributed by atoms with Crippen LogP contribution in [0.4, 0.5) is 0 Å². The van der Waals surface area contributed by atoms with E-state index in [-0.39, 0.29) is 5.60 Å². The SMILES string of the molecule is CC1(c2ccccc2)CSC=C(c2ccccc2)O1. The molecular weight excluding hydrogens is 252 g/mol. The fourth-order valence-corrected chi connectivity index (χ4v) is 3.20. The van der Waals surface area contributed by atoms with Crippen LogP contribution in [0.25, 0.3) is 5.76 Å². The van der Waals surface area contributed by atoms with Crippen LogP contribution in [0.5, 0.6) is 0 Å². The highest BCUT2D eigenvalue weighted by molar-refractivity contribution is 8.02. The minimum Gasteiger partial charge on any atom is -0.481 e. The van der Waals surface area contributed by atoms with Crippen LogP contribution in [0.1, 0.15) is 18.1 Å². The van der Waals surface area contributed by atoms with Crippen molar-refractivity contribution >= 4 is 17.5 Å². The summed E-state index contributed by atoms with van der Waals surface area (Å²) in [6.45, 7) is 2.16. The van der Waals surface area contributed by atoms with Gasteiger partial charge in [0.15, 0.2) is 0 Å². The number of hydrogen-bond acceptors (Lipinski definition) is 2. The monoisotopic (exact) mass is 268 g/mol. The van der Waals surface area contributed by atoms with Crippen LogP contribution in [0, 0.1) is 0 Å². The van der Waals surface area contributed by atoms with Gasteiger partial charge in [-0.1, -0.05) is 60.7 Å². The molecule has 0 N–H and O–H groups in total. The number of hydrogen-bond donors (Lipinski definition) is 0. The van der Waals surface area contributed by atoms with Crippen LogP contribution in [0.2, 0.25) is 0 Å². The first kappa shape index (κ1) is 12.4. The van der Waals surface area contributed by atoms with Crippen LogP contribution >= 0.6 is 11.8 Å². The molecule has 2 heteroatoms. The fourth-order valence-electron chi connectivity index (χ4n) is 2.23. The minimum absolute atomic E-state index is 0.258. The average molecular weight is 268 g/mol. The molecule has 2 aromatic carbocycles. The van der Waals surface area contributed by atoms with Gasteiger partial charge in [-0.25, -0.2) is 0 Å². The Hall–Kier alpha value is -1.67. The van der Waals surface area contributed by atoms with Crippen molar-refractivity contribution in [1.82, 2.24) is 0 Å². The van der Waals surface area contributed by atoms with Gasteiger partial charge in [0.05, 0.1) is 0 Å². The van der Waals surface area contributed by atoms with Crippen molar-refractivity contribution in [2.24, 2.45) is 0 Å². The van der Waals surface area contributed by atoms with E-state index < -0.39 is 0 Å². The van der Waals surface area contributed by atoms with Gasteiger partial charge in [-0.2, -0.15) is 0 Å². The lowest BCUT2D eigenvalue weighted by molar-refractivity contribution is 0.0784. The van der Waals surface area contributed by atoms with Crippen molar-refractivity contribution in [2.45, 2.75) is 12.5 Å². The Morgan fingerprint density at radius 1 is 0.947 bits per heavy atom. The molecule has 0 saturated carbocycles. The van der Waals surface area contributed by atoms with Crippen molar-refractivity contribution in [3.8, 4) is 0 Å². The fraction of sp³-hybridized carbons (Fsp3) is 0.176. The van der Waals surface area contributed by atoms with E-state index in [4.69, 9.17) is 4.74 Å². The summed E-state index contributed by atoms with van der Waals surface area (Å²) in [5.41, 5.74) is 2.10. The van der Waals surface area contributed by atoms with Gasteiger partial charge in [0.1, 0.15) is 11.4 Å². The largest absolute Gasteiger partial charge is 0.481 e. The van der Waals surface area contributed by atoms with Gasteiger partial charge >= 0.3 is 0 Å². The summed E-state index contributed by atoms with van der Waals surface area (Å²) in [6.07, 6.45) is 0. The maximum Gasteiger partial charge on any atom is 0.141 e. The third-order valence-corrected chi connectivity index (χ3v) is 4.43. The maximum atomic E-state index is 6.29. The highest BCUT2D eigenvalue weighted by atomic mass is 32.2. The molecule has 0 spiro atoms. The standard InChI is InChI=1S/C17H16OS/c1-17(15-10-6-3-7-11-15)13-19-12-16(18-17)14-8-4-2-5-9-14/h2-12H,13H2,1H3. The number of ether oxygens (including phenoxy) is 1. The highest BCUT2D eigenvalue weighted by Gasteiger charge is 2.32. The summed E-state index contributed by atoms with van der Waals surface area (Å²) in [7, 11) is 0. The Kier molecular flexibility index (Phi) is 3.34. The maximum absolute atomic E-state index is 6.29.